The molecule has 21 heavy (non-hydrogen) atoms. The lowest BCUT2D eigenvalue weighted by atomic mass is 10.1. The third-order valence-corrected chi connectivity index (χ3v) is 4.01. The van der Waals surface area contributed by atoms with Crippen molar-refractivity contribution in [3.63, 3.8) is 0 Å². The van der Waals surface area contributed by atoms with Crippen LogP contribution < -0.4 is 5.69 Å². The molecule has 2 aromatic rings. The number of aromatic nitrogens is 2. The molecule has 1 aromatic carbocycles. The minimum Gasteiger partial charge on any atom is -0.306 e. The average Bonchev–Trinajstić information content (AvgIpc) is 2.72. The second-order valence-electron chi connectivity index (χ2n) is 5.59. The number of aromatic amines is 1. The average molecular weight is 299 g/mol. The Morgan fingerprint density at radius 1 is 1.33 bits per heavy atom. The summed E-state index contributed by atoms with van der Waals surface area (Å²) >= 11 is 0. The summed E-state index contributed by atoms with van der Waals surface area (Å²) in [6.07, 6.45) is -2.57. The van der Waals surface area contributed by atoms with Gasteiger partial charge in [-0.25, -0.2) is 4.79 Å². The predicted octanol–water partition coefficient (Wildman–Crippen LogP) is 2.62. The van der Waals surface area contributed by atoms with Gasteiger partial charge in [-0.2, -0.15) is 13.2 Å². The SMILES string of the molecule is CN1CCCC(n2c(=O)[nH]c3cc(C(F)(F)F)ccc32)C1. The van der Waals surface area contributed by atoms with Crippen molar-refractivity contribution >= 4 is 11.0 Å². The second kappa shape index (κ2) is 4.91. The van der Waals surface area contributed by atoms with Gasteiger partial charge in [-0.05, 0) is 44.6 Å². The lowest BCUT2D eigenvalue weighted by molar-refractivity contribution is -0.137. The minimum absolute atomic E-state index is 0.00161. The van der Waals surface area contributed by atoms with E-state index in [9.17, 15) is 18.0 Å². The number of halogens is 3. The fraction of sp³-hybridized carbons (Fsp3) is 0.500. The van der Waals surface area contributed by atoms with Gasteiger partial charge >= 0.3 is 11.9 Å². The van der Waals surface area contributed by atoms with Gasteiger partial charge in [-0.3, -0.25) is 4.57 Å². The van der Waals surface area contributed by atoms with E-state index in [2.05, 4.69) is 9.88 Å². The standard InChI is InChI=1S/C14H16F3N3O/c1-19-6-2-3-10(8-19)20-12-5-4-9(14(15,16)17)7-11(12)18-13(20)21/h4-5,7,10H,2-3,6,8H2,1H3,(H,18,21). The van der Waals surface area contributed by atoms with E-state index >= 15 is 0 Å². The van der Waals surface area contributed by atoms with Crippen molar-refractivity contribution in [2.75, 3.05) is 20.1 Å². The molecule has 0 aliphatic carbocycles. The van der Waals surface area contributed by atoms with E-state index in [1.54, 1.807) is 4.57 Å². The largest absolute Gasteiger partial charge is 0.416 e. The highest BCUT2D eigenvalue weighted by Gasteiger charge is 2.31. The molecule has 114 valence electrons. The molecule has 0 spiro atoms. The lowest BCUT2D eigenvalue weighted by Gasteiger charge is -2.30. The van der Waals surface area contributed by atoms with E-state index < -0.39 is 11.7 Å². The van der Waals surface area contributed by atoms with Crippen LogP contribution in [0, 0.1) is 0 Å². The van der Waals surface area contributed by atoms with Crippen molar-refractivity contribution in [3.8, 4) is 0 Å². The zero-order valence-electron chi connectivity index (χ0n) is 11.6. The molecule has 2 heterocycles. The minimum atomic E-state index is -4.40. The van der Waals surface area contributed by atoms with Crippen LogP contribution in [0.5, 0.6) is 0 Å². The topological polar surface area (TPSA) is 41.0 Å². The molecule has 1 aromatic heterocycles. The monoisotopic (exact) mass is 299 g/mol. The van der Waals surface area contributed by atoms with Crippen LogP contribution in [0.3, 0.4) is 0 Å². The molecule has 1 aliphatic heterocycles. The second-order valence-corrected chi connectivity index (χ2v) is 5.59. The molecule has 4 nitrogen and oxygen atoms in total. The van der Waals surface area contributed by atoms with Crippen LogP contribution in [-0.2, 0) is 6.18 Å². The maximum absolute atomic E-state index is 12.7. The van der Waals surface area contributed by atoms with E-state index in [0.717, 1.165) is 38.1 Å². The molecule has 3 rings (SSSR count). The highest BCUT2D eigenvalue weighted by Crippen LogP contribution is 2.31. The molecule has 0 bridgehead atoms. The number of fused-ring (bicyclic) bond motifs is 1. The zero-order valence-corrected chi connectivity index (χ0v) is 11.6. The van der Waals surface area contributed by atoms with Crippen LogP contribution in [-0.4, -0.2) is 34.6 Å². The number of piperidine rings is 1. The summed E-state index contributed by atoms with van der Waals surface area (Å²) in [5.41, 5.74) is -0.315. The van der Waals surface area contributed by atoms with E-state index in [1.807, 2.05) is 7.05 Å². The van der Waals surface area contributed by atoms with Gasteiger partial charge in [0, 0.05) is 6.54 Å². The first-order chi connectivity index (χ1) is 9.86. The molecule has 1 unspecified atom stereocenters. The Kier molecular flexibility index (Phi) is 3.32. The smallest absolute Gasteiger partial charge is 0.306 e. The Morgan fingerprint density at radius 2 is 2.10 bits per heavy atom. The molecule has 7 heteroatoms. The third-order valence-electron chi connectivity index (χ3n) is 4.01. The highest BCUT2D eigenvalue weighted by molar-refractivity contribution is 5.76. The number of rotatable bonds is 1. The fourth-order valence-electron chi connectivity index (χ4n) is 3.02. The van der Waals surface area contributed by atoms with Gasteiger partial charge < -0.3 is 9.88 Å². The van der Waals surface area contributed by atoms with Crippen LogP contribution in [0.25, 0.3) is 11.0 Å². The third kappa shape index (κ3) is 2.57. The fourth-order valence-corrected chi connectivity index (χ4v) is 3.02. The molecular formula is C14H16F3N3O. The molecule has 1 aliphatic rings. The number of H-pyrrole nitrogens is 1. The summed E-state index contributed by atoms with van der Waals surface area (Å²) in [6, 6.07) is 3.41. The Hall–Kier alpha value is -1.76. The number of alkyl halides is 3. The molecule has 1 atom stereocenters. The van der Waals surface area contributed by atoms with E-state index in [0.29, 0.717) is 5.52 Å². The summed E-state index contributed by atoms with van der Waals surface area (Å²) in [6.45, 7) is 1.71. The maximum atomic E-state index is 12.7. The van der Waals surface area contributed by atoms with E-state index in [1.165, 1.54) is 6.07 Å². The van der Waals surface area contributed by atoms with Crippen molar-refractivity contribution in [1.82, 2.24) is 14.5 Å². The molecule has 1 N–H and O–H groups in total. The number of imidazole rings is 1. The van der Waals surface area contributed by atoms with Gasteiger partial charge in [-0.1, -0.05) is 0 Å². The first-order valence-electron chi connectivity index (χ1n) is 6.86. The summed E-state index contributed by atoms with van der Waals surface area (Å²) in [4.78, 5) is 16.8. The van der Waals surface area contributed by atoms with Crippen molar-refractivity contribution < 1.29 is 13.2 Å². The molecule has 0 amide bonds. The number of benzene rings is 1. The number of nitrogens with zero attached hydrogens (tertiary/aromatic N) is 2. The Balaban J connectivity index is 2.08. The van der Waals surface area contributed by atoms with Gasteiger partial charge in [0.25, 0.3) is 0 Å². The Morgan fingerprint density at radius 3 is 2.76 bits per heavy atom. The Bertz CT molecular complexity index is 716. The molecule has 0 saturated carbocycles. The Labute approximate surface area is 119 Å². The predicted molar refractivity (Wildman–Crippen MR) is 73.3 cm³/mol. The number of hydrogen-bond acceptors (Lipinski definition) is 2. The number of likely N-dealkylation sites (tertiary alicyclic amines) is 1. The van der Waals surface area contributed by atoms with Crippen LogP contribution in [0.1, 0.15) is 24.4 Å². The van der Waals surface area contributed by atoms with Crippen LogP contribution in [0.4, 0.5) is 13.2 Å². The van der Waals surface area contributed by atoms with Gasteiger partial charge in [0.2, 0.25) is 0 Å². The summed E-state index contributed by atoms with van der Waals surface area (Å²) < 4.78 is 39.8. The van der Waals surface area contributed by atoms with Crippen molar-refractivity contribution in [3.05, 3.63) is 34.2 Å². The van der Waals surface area contributed by atoms with Crippen molar-refractivity contribution in [2.24, 2.45) is 0 Å². The number of hydrogen-bond donors (Lipinski definition) is 1. The van der Waals surface area contributed by atoms with Gasteiger partial charge in [0.05, 0.1) is 22.6 Å². The summed E-state index contributed by atoms with van der Waals surface area (Å²) in [7, 11) is 1.98. The quantitative estimate of drug-likeness (QED) is 0.879. The zero-order chi connectivity index (χ0) is 15.2. The van der Waals surface area contributed by atoms with Crippen molar-refractivity contribution in [1.29, 1.82) is 0 Å². The summed E-state index contributed by atoms with van der Waals surface area (Å²) in [5.74, 6) is 0. The highest BCUT2D eigenvalue weighted by atomic mass is 19.4. The molecule has 1 saturated heterocycles. The lowest BCUT2D eigenvalue weighted by Crippen LogP contribution is -2.36. The van der Waals surface area contributed by atoms with Crippen LogP contribution >= 0.6 is 0 Å². The molecular weight excluding hydrogens is 283 g/mol. The van der Waals surface area contributed by atoms with Crippen molar-refractivity contribution in [2.45, 2.75) is 25.1 Å². The van der Waals surface area contributed by atoms with Gasteiger partial charge in [-0.15, -0.1) is 0 Å². The normalized spacial score (nSPS) is 21.0. The van der Waals surface area contributed by atoms with Gasteiger partial charge in [0.15, 0.2) is 0 Å². The maximum Gasteiger partial charge on any atom is 0.416 e. The van der Waals surface area contributed by atoms with Crippen LogP contribution in [0.2, 0.25) is 0 Å². The van der Waals surface area contributed by atoms with E-state index in [-0.39, 0.29) is 17.2 Å². The number of nitrogens with one attached hydrogen (secondary N) is 1. The van der Waals surface area contributed by atoms with Crippen LogP contribution in [0.15, 0.2) is 23.0 Å². The summed E-state index contributed by atoms with van der Waals surface area (Å²) in [5, 5.41) is 0. The first kappa shape index (κ1) is 14.2. The molecule has 0 radical (unpaired) electrons. The number of likely N-dealkylation sites (N-methyl/N-ethyl adjacent to an activating group) is 1. The molecule has 1 fully saturated rings. The van der Waals surface area contributed by atoms with Gasteiger partial charge in [0.1, 0.15) is 0 Å². The first-order valence-corrected chi connectivity index (χ1v) is 6.86. The van der Waals surface area contributed by atoms with E-state index in [4.69, 9.17) is 0 Å².